The van der Waals surface area contributed by atoms with Gasteiger partial charge in [0.15, 0.2) is 11.0 Å². The molecule has 1 amide bonds. The summed E-state index contributed by atoms with van der Waals surface area (Å²) in [6.45, 7) is 5.03. The van der Waals surface area contributed by atoms with Crippen LogP contribution in [0, 0.1) is 0 Å². The van der Waals surface area contributed by atoms with Crippen molar-refractivity contribution in [2.24, 2.45) is 0 Å². The molecule has 164 valence electrons. The number of aryl methyl sites for hydroxylation is 1. The van der Waals surface area contributed by atoms with Gasteiger partial charge >= 0.3 is 0 Å². The number of halogens is 3. The lowest BCUT2D eigenvalue weighted by Crippen LogP contribution is -2.15. The van der Waals surface area contributed by atoms with Gasteiger partial charge < -0.3 is 14.6 Å². The summed E-state index contributed by atoms with van der Waals surface area (Å²) in [5.41, 5.74) is 1.58. The Hall–Kier alpha value is -1.93. The van der Waals surface area contributed by atoms with Crippen molar-refractivity contribution < 1.29 is 9.53 Å². The number of nitrogens with zero attached hydrogens (tertiary/aromatic N) is 3. The molecule has 31 heavy (non-hydrogen) atoms. The van der Waals surface area contributed by atoms with Crippen LogP contribution in [0.5, 0.6) is 5.75 Å². The first-order chi connectivity index (χ1) is 14.9. The molecule has 1 aromatic heterocycles. The van der Waals surface area contributed by atoms with Crippen molar-refractivity contribution in [2.75, 3.05) is 11.1 Å². The van der Waals surface area contributed by atoms with Gasteiger partial charge in [-0.2, -0.15) is 0 Å². The van der Waals surface area contributed by atoms with E-state index in [4.69, 9.17) is 39.5 Å². The first kappa shape index (κ1) is 23.7. The van der Waals surface area contributed by atoms with Crippen molar-refractivity contribution in [3.05, 3.63) is 62.9 Å². The van der Waals surface area contributed by atoms with Gasteiger partial charge in [0.25, 0.3) is 0 Å². The molecule has 0 aliphatic heterocycles. The van der Waals surface area contributed by atoms with E-state index < -0.39 is 0 Å². The topological polar surface area (TPSA) is 69.0 Å². The summed E-state index contributed by atoms with van der Waals surface area (Å²) in [7, 11) is 0. The van der Waals surface area contributed by atoms with E-state index in [-0.39, 0.29) is 28.3 Å². The van der Waals surface area contributed by atoms with Crippen LogP contribution in [0.15, 0.2) is 41.6 Å². The van der Waals surface area contributed by atoms with E-state index in [2.05, 4.69) is 22.4 Å². The molecule has 0 unspecified atom stereocenters. The van der Waals surface area contributed by atoms with Crippen molar-refractivity contribution in [3.63, 3.8) is 0 Å². The van der Waals surface area contributed by atoms with E-state index in [9.17, 15) is 4.79 Å². The van der Waals surface area contributed by atoms with Crippen LogP contribution in [0.4, 0.5) is 5.69 Å². The molecule has 0 spiro atoms. The van der Waals surface area contributed by atoms with Crippen LogP contribution in [0.1, 0.15) is 25.2 Å². The lowest BCUT2D eigenvalue weighted by atomic mass is 10.2. The number of rotatable bonds is 9. The van der Waals surface area contributed by atoms with Crippen LogP contribution in [-0.2, 0) is 24.4 Å². The number of hydrogen-bond donors (Lipinski definition) is 1. The summed E-state index contributed by atoms with van der Waals surface area (Å²) in [4.78, 5) is 12.4. The molecular weight excluding hydrogens is 479 g/mol. The number of anilines is 1. The van der Waals surface area contributed by atoms with E-state index in [0.29, 0.717) is 28.2 Å². The van der Waals surface area contributed by atoms with Gasteiger partial charge in [-0.15, -0.1) is 10.2 Å². The molecule has 0 aliphatic rings. The van der Waals surface area contributed by atoms with E-state index in [1.54, 1.807) is 0 Å². The Balaban J connectivity index is 1.59. The third kappa shape index (κ3) is 6.29. The minimum atomic E-state index is -0.268. The van der Waals surface area contributed by atoms with Gasteiger partial charge in [-0.1, -0.05) is 65.6 Å². The number of carbonyl (C=O) groups excluding carboxylic acids is 1. The summed E-state index contributed by atoms with van der Waals surface area (Å²) < 4.78 is 7.75. The van der Waals surface area contributed by atoms with Crippen molar-refractivity contribution in [3.8, 4) is 5.75 Å². The van der Waals surface area contributed by atoms with Crippen LogP contribution in [0.3, 0.4) is 0 Å². The standard InChI is InChI=1S/C21H21Cl3N4O2S/c1-3-13-5-7-15(8-6-13)30-11-18-26-27-21(28(18)4-2)31-12-19(29)25-20-16(23)9-14(22)10-17(20)24/h5-10H,3-4,11-12H2,1-2H3,(H,25,29). The summed E-state index contributed by atoms with van der Waals surface area (Å²) in [5, 5.41) is 12.7. The second-order valence-corrected chi connectivity index (χ2v) is 8.70. The highest BCUT2D eigenvalue weighted by Crippen LogP contribution is 2.33. The Labute approximate surface area is 200 Å². The van der Waals surface area contributed by atoms with Crippen LogP contribution < -0.4 is 10.1 Å². The number of aromatic nitrogens is 3. The molecule has 1 N–H and O–H groups in total. The quantitative estimate of drug-likeness (QED) is 0.359. The fraction of sp³-hybridized carbons (Fsp3) is 0.286. The molecule has 10 heteroatoms. The Morgan fingerprint density at radius 3 is 2.39 bits per heavy atom. The largest absolute Gasteiger partial charge is 0.486 e. The van der Waals surface area contributed by atoms with Gasteiger partial charge in [0, 0.05) is 11.6 Å². The Bertz CT molecular complexity index is 1030. The molecule has 0 atom stereocenters. The van der Waals surface area contributed by atoms with Crippen molar-refractivity contribution in [1.29, 1.82) is 0 Å². The number of ether oxygens (including phenoxy) is 1. The molecule has 2 aromatic carbocycles. The molecule has 3 rings (SSSR count). The SMILES string of the molecule is CCc1ccc(OCc2nnc(SCC(=O)Nc3c(Cl)cc(Cl)cc3Cl)n2CC)cc1. The van der Waals surface area contributed by atoms with Crippen LogP contribution in [-0.4, -0.2) is 26.4 Å². The lowest BCUT2D eigenvalue weighted by molar-refractivity contribution is -0.113. The number of nitrogens with one attached hydrogen (secondary N) is 1. The highest BCUT2D eigenvalue weighted by atomic mass is 35.5. The number of hydrogen-bond acceptors (Lipinski definition) is 5. The highest BCUT2D eigenvalue weighted by Gasteiger charge is 2.16. The molecule has 3 aromatic rings. The average molecular weight is 500 g/mol. The lowest BCUT2D eigenvalue weighted by Gasteiger charge is -2.11. The second kappa shape index (κ2) is 11.1. The van der Waals surface area contributed by atoms with Gasteiger partial charge in [0.05, 0.1) is 21.5 Å². The summed E-state index contributed by atoms with van der Waals surface area (Å²) in [5.74, 6) is 1.31. The van der Waals surface area contributed by atoms with E-state index in [0.717, 1.165) is 12.2 Å². The van der Waals surface area contributed by atoms with Crippen molar-refractivity contribution in [1.82, 2.24) is 14.8 Å². The summed E-state index contributed by atoms with van der Waals surface area (Å²) in [6, 6.07) is 11.0. The molecule has 0 saturated heterocycles. The molecule has 0 bridgehead atoms. The average Bonchev–Trinajstić information content (AvgIpc) is 3.15. The molecule has 0 fully saturated rings. The monoisotopic (exact) mass is 498 g/mol. The smallest absolute Gasteiger partial charge is 0.234 e. The second-order valence-electron chi connectivity index (χ2n) is 6.51. The maximum absolute atomic E-state index is 12.4. The minimum absolute atomic E-state index is 0.118. The number of benzene rings is 2. The number of thioether (sulfide) groups is 1. The normalized spacial score (nSPS) is 10.9. The van der Waals surface area contributed by atoms with Crippen molar-refractivity contribution >= 4 is 58.2 Å². The van der Waals surface area contributed by atoms with Gasteiger partial charge in [-0.25, -0.2) is 0 Å². The van der Waals surface area contributed by atoms with Crippen molar-refractivity contribution in [2.45, 2.75) is 38.6 Å². The van der Waals surface area contributed by atoms with E-state index in [1.807, 2.05) is 35.8 Å². The Morgan fingerprint density at radius 2 is 1.77 bits per heavy atom. The Kier molecular flexibility index (Phi) is 8.49. The predicted octanol–water partition coefficient (Wildman–Crippen LogP) is 6.13. The zero-order valence-electron chi connectivity index (χ0n) is 17.0. The van der Waals surface area contributed by atoms with E-state index in [1.165, 1.54) is 29.5 Å². The summed E-state index contributed by atoms with van der Waals surface area (Å²) in [6.07, 6.45) is 0.981. The molecule has 1 heterocycles. The maximum atomic E-state index is 12.4. The van der Waals surface area contributed by atoms with Crippen LogP contribution in [0.2, 0.25) is 15.1 Å². The van der Waals surface area contributed by atoms with E-state index >= 15 is 0 Å². The zero-order chi connectivity index (χ0) is 22.4. The predicted molar refractivity (Wildman–Crippen MR) is 127 cm³/mol. The molecule has 0 saturated carbocycles. The Morgan fingerprint density at radius 1 is 1.10 bits per heavy atom. The molecule has 6 nitrogen and oxygen atoms in total. The summed E-state index contributed by atoms with van der Waals surface area (Å²) >= 11 is 19.4. The highest BCUT2D eigenvalue weighted by molar-refractivity contribution is 7.99. The van der Waals surface area contributed by atoms with Crippen LogP contribution >= 0.6 is 46.6 Å². The number of amides is 1. The minimum Gasteiger partial charge on any atom is -0.486 e. The van der Waals surface area contributed by atoms with Gasteiger partial charge in [0.1, 0.15) is 12.4 Å². The molecule has 0 aliphatic carbocycles. The van der Waals surface area contributed by atoms with Gasteiger partial charge in [0.2, 0.25) is 5.91 Å². The zero-order valence-corrected chi connectivity index (χ0v) is 20.1. The first-order valence-electron chi connectivity index (χ1n) is 9.62. The fourth-order valence-electron chi connectivity index (χ4n) is 2.79. The first-order valence-corrected chi connectivity index (χ1v) is 11.7. The fourth-order valence-corrected chi connectivity index (χ4v) is 4.52. The van der Waals surface area contributed by atoms with Gasteiger partial charge in [-0.3, -0.25) is 4.79 Å². The molecular formula is C21H21Cl3N4O2S. The van der Waals surface area contributed by atoms with Crippen LogP contribution in [0.25, 0.3) is 0 Å². The molecule has 0 radical (unpaired) electrons. The third-order valence-electron chi connectivity index (χ3n) is 4.41. The third-order valence-corrected chi connectivity index (χ3v) is 6.19. The number of carbonyl (C=O) groups is 1. The maximum Gasteiger partial charge on any atom is 0.234 e. The van der Waals surface area contributed by atoms with Gasteiger partial charge in [-0.05, 0) is 43.2 Å².